The molecule has 6 rings (SSSR count). The van der Waals surface area contributed by atoms with Crippen molar-refractivity contribution in [1.29, 1.82) is 0 Å². The Bertz CT molecular complexity index is 1600. The molecular formula is C31H36N6O4. The molecule has 0 unspecified atom stereocenters. The first-order chi connectivity index (χ1) is 20.0. The highest BCUT2D eigenvalue weighted by molar-refractivity contribution is 6.00. The number of amides is 1. The fraction of sp³-hybridized carbons (Fsp3) is 0.387. The second-order valence-corrected chi connectivity index (χ2v) is 10.6. The molecule has 4 heterocycles. The Kier molecular flexibility index (Phi) is 7.40. The van der Waals surface area contributed by atoms with E-state index in [1.54, 1.807) is 20.4 Å². The predicted octanol–water partition coefficient (Wildman–Crippen LogP) is 3.05. The van der Waals surface area contributed by atoms with Crippen LogP contribution in [0.15, 0.2) is 59.5 Å². The van der Waals surface area contributed by atoms with Crippen molar-refractivity contribution >= 4 is 17.2 Å². The van der Waals surface area contributed by atoms with Gasteiger partial charge in [0, 0.05) is 70.2 Å². The maximum Gasteiger partial charge on any atom is 0.279 e. The number of hydrogen-bond acceptors (Lipinski definition) is 7. The summed E-state index contributed by atoms with van der Waals surface area (Å²) < 4.78 is 14.1. The van der Waals surface area contributed by atoms with E-state index in [2.05, 4.69) is 38.5 Å². The lowest BCUT2D eigenvalue weighted by Crippen LogP contribution is -2.49. The standard InChI is InChI=1S/C31H36N6O4/c1-4-36-28-13-14-33(20-22-5-9-24(40-2)10-6-22)21-27(28)31(39)37-29(36)26(19-32-37)30(38)35-17-15-34(16-18-35)23-7-11-25(41-3)12-8-23/h5-12,19H,4,13-18,20-21H2,1-3H3. The maximum atomic E-state index is 13.8. The van der Waals surface area contributed by atoms with E-state index in [0.29, 0.717) is 37.4 Å². The van der Waals surface area contributed by atoms with Crippen molar-refractivity contribution in [1.82, 2.24) is 24.0 Å². The molecule has 4 aromatic rings. The molecule has 10 heteroatoms. The summed E-state index contributed by atoms with van der Waals surface area (Å²) in [5, 5.41) is 4.44. The SMILES string of the molecule is CCn1c2c(c(=O)n3ncc(C(=O)N4CCN(c5ccc(OC)cc5)CC4)c13)CN(Cc1ccc(OC)cc1)CC2. The van der Waals surface area contributed by atoms with Crippen LogP contribution in [0.5, 0.6) is 11.5 Å². The van der Waals surface area contributed by atoms with Crippen LogP contribution < -0.4 is 19.9 Å². The number of fused-ring (bicyclic) bond motifs is 2. The van der Waals surface area contributed by atoms with Crippen LogP contribution in [-0.2, 0) is 26.1 Å². The number of benzene rings is 2. The van der Waals surface area contributed by atoms with Gasteiger partial charge in [-0.1, -0.05) is 12.1 Å². The first-order valence-corrected chi connectivity index (χ1v) is 14.2. The van der Waals surface area contributed by atoms with Crippen molar-refractivity contribution < 1.29 is 14.3 Å². The lowest BCUT2D eigenvalue weighted by atomic mass is 10.0. The normalized spacial score (nSPS) is 15.7. The van der Waals surface area contributed by atoms with E-state index in [1.165, 1.54) is 10.1 Å². The summed E-state index contributed by atoms with van der Waals surface area (Å²) in [6.07, 6.45) is 2.31. The van der Waals surface area contributed by atoms with Gasteiger partial charge < -0.3 is 23.8 Å². The van der Waals surface area contributed by atoms with E-state index in [-0.39, 0.29) is 11.5 Å². The molecule has 0 bridgehead atoms. The molecule has 0 radical (unpaired) electrons. The number of aromatic nitrogens is 3. The van der Waals surface area contributed by atoms with Gasteiger partial charge in [-0.25, -0.2) is 0 Å². The Morgan fingerprint density at radius 2 is 1.56 bits per heavy atom. The van der Waals surface area contributed by atoms with Gasteiger partial charge in [-0.05, 0) is 48.9 Å². The summed E-state index contributed by atoms with van der Waals surface area (Å²) >= 11 is 0. The third-order valence-corrected chi connectivity index (χ3v) is 8.29. The van der Waals surface area contributed by atoms with Gasteiger partial charge in [0.1, 0.15) is 17.1 Å². The van der Waals surface area contributed by atoms with Crippen molar-refractivity contribution in [2.75, 3.05) is 51.8 Å². The summed E-state index contributed by atoms with van der Waals surface area (Å²) in [6.45, 7) is 7.51. The molecule has 0 aliphatic carbocycles. The number of hydrogen-bond donors (Lipinski definition) is 0. The lowest BCUT2D eigenvalue weighted by Gasteiger charge is -2.36. The van der Waals surface area contributed by atoms with Crippen LogP contribution in [0.1, 0.15) is 34.1 Å². The molecule has 2 aliphatic heterocycles. The Balaban J connectivity index is 1.22. The minimum absolute atomic E-state index is 0.0760. The molecule has 41 heavy (non-hydrogen) atoms. The molecule has 2 aromatic carbocycles. The molecule has 214 valence electrons. The van der Waals surface area contributed by atoms with Crippen LogP contribution in [0.3, 0.4) is 0 Å². The number of rotatable bonds is 7. The fourth-order valence-electron chi connectivity index (χ4n) is 6.05. The molecule has 0 saturated carbocycles. The second kappa shape index (κ2) is 11.3. The quantitative estimate of drug-likeness (QED) is 0.346. The zero-order chi connectivity index (χ0) is 28.5. The van der Waals surface area contributed by atoms with Crippen molar-refractivity contribution in [2.24, 2.45) is 0 Å². The zero-order valence-electron chi connectivity index (χ0n) is 23.9. The Morgan fingerprint density at radius 3 is 2.20 bits per heavy atom. The third-order valence-electron chi connectivity index (χ3n) is 8.29. The van der Waals surface area contributed by atoms with Crippen LogP contribution in [0.2, 0.25) is 0 Å². The van der Waals surface area contributed by atoms with Crippen LogP contribution in [0, 0.1) is 0 Å². The third kappa shape index (κ3) is 5.04. The number of anilines is 1. The summed E-state index contributed by atoms with van der Waals surface area (Å²) in [6, 6.07) is 16.0. The van der Waals surface area contributed by atoms with Gasteiger partial charge in [0.15, 0.2) is 5.65 Å². The second-order valence-electron chi connectivity index (χ2n) is 10.6. The average Bonchev–Trinajstić information content (AvgIpc) is 3.47. The van der Waals surface area contributed by atoms with E-state index in [9.17, 15) is 9.59 Å². The Hall–Kier alpha value is -4.31. The first kappa shape index (κ1) is 26.9. The number of piperazine rings is 1. The molecule has 0 N–H and O–H groups in total. The monoisotopic (exact) mass is 556 g/mol. The molecule has 0 atom stereocenters. The van der Waals surface area contributed by atoms with Gasteiger partial charge in [0.2, 0.25) is 0 Å². The topological polar surface area (TPSA) is 84.5 Å². The van der Waals surface area contributed by atoms with Crippen molar-refractivity contribution in [3.8, 4) is 11.5 Å². The fourth-order valence-corrected chi connectivity index (χ4v) is 6.05. The summed E-state index contributed by atoms with van der Waals surface area (Å²) in [5.74, 6) is 1.58. The molecule has 1 saturated heterocycles. The van der Waals surface area contributed by atoms with Crippen LogP contribution in [0.25, 0.3) is 5.65 Å². The number of methoxy groups -OCH3 is 2. The average molecular weight is 557 g/mol. The predicted molar refractivity (Wildman–Crippen MR) is 157 cm³/mol. The molecule has 1 amide bonds. The van der Waals surface area contributed by atoms with Crippen LogP contribution in [0.4, 0.5) is 5.69 Å². The minimum Gasteiger partial charge on any atom is -0.497 e. The van der Waals surface area contributed by atoms with E-state index < -0.39 is 0 Å². The van der Waals surface area contributed by atoms with E-state index in [0.717, 1.165) is 61.0 Å². The lowest BCUT2D eigenvalue weighted by molar-refractivity contribution is 0.0748. The van der Waals surface area contributed by atoms with Gasteiger partial charge in [-0.2, -0.15) is 9.61 Å². The summed E-state index contributed by atoms with van der Waals surface area (Å²) in [4.78, 5) is 33.9. The minimum atomic E-state index is -0.137. The Morgan fingerprint density at radius 1 is 0.902 bits per heavy atom. The van der Waals surface area contributed by atoms with Crippen LogP contribution in [-0.4, -0.2) is 76.8 Å². The highest BCUT2D eigenvalue weighted by Gasteiger charge is 2.30. The van der Waals surface area contributed by atoms with Gasteiger partial charge >= 0.3 is 0 Å². The number of nitrogens with zero attached hydrogens (tertiary/aromatic N) is 6. The number of aryl methyl sites for hydroxylation is 1. The zero-order valence-corrected chi connectivity index (χ0v) is 23.9. The number of carbonyl (C=O) groups excluding carboxylic acids is 1. The molecule has 10 nitrogen and oxygen atoms in total. The van der Waals surface area contributed by atoms with Gasteiger partial charge in [-0.3, -0.25) is 14.5 Å². The number of ether oxygens (including phenoxy) is 2. The molecule has 1 fully saturated rings. The smallest absolute Gasteiger partial charge is 0.279 e. The van der Waals surface area contributed by atoms with Crippen molar-refractivity contribution in [3.63, 3.8) is 0 Å². The van der Waals surface area contributed by atoms with Gasteiger partial charge in [0.25, 0.3) is 11.5 Å². The molecular weight excluding hydrogens is 520 g/mol. The van der Waals surface area contributed by atoms with Crippen LogP contribution >= 0.6 is 0 Å². The van der Waals surface area contributed by atoms with Gasteiger partial charge in [-0.15, -0.1) is 0 Å². The first-order valence-electron chi connectivity index (χ1n) is 14.2. The molecule has 2 aromatic heterocycles. The summed E-state index contributed by atoms with van der Waals surface area (Å²) in [7, 11) is 3.32. The highest BCUT2D eigenvalue weighted by Crippen LogP contribution is 2.25. The van der Waals surface area contributed by atoms with Gasteiger partial charge in [0.05, 0.1) is 26.0 Å². The Labute approximate surface area is 239 Å². The number of carbonyl (C=O) groups is 1. The summed E-state index contributed by atoms with van der Waals surface area (Å²) in [5.41, 5.74) is 5.01. The maximum absolute atomic E-state index is 13.8. The van der Waals surface area contributed by atoms with E-state index >= 15 is 0 Å². The van der Waals surface area contributed by atoms with Crippen molar-refractivity contribution in [3.05, 3.63) is 87.5 Å². The highest BCUT2D eigenvalue weighted by atomic mass is 16.5. The van der Waals surface area contributed by atoms with E-state index in [4.69, 9.17) is 9.47 Å². The molecule has 2 aliphatic rings. The van der Waals surface area contributed by atoms with E-state index in [1.807, 2.05) is 41.3 Å². The molecule has 0 spiro atoms. The largest absolute Gasteiger partial charge is 0.497 e. The van der Waals surface area contributed by atoms with Crippen molar-refractivity contribution in [2.45, 2.75) is 33.0 Å².